The second-order valence-electron chi connectivity index (χ2n) is 5.62. The Balaban J connectivity index is 1.81. The number of nitrogens with zero attached hydrogens (tertiary/aromatic N) is 1. The molecule has 0 saturated heterocycles. The zero-order valence-corrected chi connectivity index (χ0v) is 15.6. The molecule has 3 rings (SSSR count). The Hall–Kier alpha value is -2.96. The van der Waals surface area contributed by atoms with Crippen molar-refractivity contribution in [2.24, 2.45) is 0 Å². The molecule has 0 aliphatic rings. The van der Waals surface area contributed by atoms with E-state index in [-0.39, 0.29) is 12.0 Å². The number of aromatic nitrogens is 1. The first-order valence-corrected chi connectivity index (χ1v) is 9.28. The topological polar surface area (TPSA) is 79.3 Å². The van der Waals surface area contributed by atoms with Crippen molar-refractivity contribution in [2.45, 2.75) is 6.42 Å². The SMILES string of the molecule is O=C(O)C/C(=C\c1ccccc1)C(=O)Nc1nc(-c2ccccc2Cl)cs1. The van der Waals surface area contributed by atoms with Crippen LogP contribution in [0.2, 0.25) is 5.02 Å². The molecule has 0 radical (unpaired) electrons. The highest BCUT2D eigenvalue weighted by atomic mass is 35.5. The van der Waals surface area contributed by atoms with E-state index >= 15 is 0 Å². The number of hydrogen-bond acceptors (Lipinski definition) is 4. The number of halogens is 1. The minimum atomic E-state index is -1.08. The van der Waals surface area contributed by atoms with Gasteiger partial charge in [0.1, 0.15) is 0 Å². The first-order valence-electron chi connectivity index (χ1n) is 8.02. The summed E-state index contributed by atoms with van der Waals surface area (Å²) in [5.74, 6) is -1.58. The second-order valence-corrected chi connectivity index (χ2v) is 6.89. The van der Waals surface area contributed by atoms with Crippen molar-refractivity contribution in [3.05, 3.63) is 76.1 Å². The molecule has 1 amide bonds. The van der Waals surface area contributed by atoms with Crippen molar-refractivity contribution in [2.75, 3.05) is 5.32 Å². The van der Waals surface area contributed by atoms with Gasteiger partial charge >= 0.3 is 5.97 Å². The lowest BCUT2D eigenvalue weighted by molar-refractivity contribution is -0.136. The summed E-state index contributed by atoms with van der Waals surface area (Å²) in [4.78, 5) is 28.1. The predicted octanol–water partition coefficient (Wildman–Crippen LogP) is 4.96. The van der Waals surface area contributed by atoms with Gasteiger partial charge in [-0.15, -0.1) is 11.3 Å². The molecule has 5 nitrogen and oxygen atoms in total. The average Bonchev–Trinajstić information content (AvgIpc) is 3.10. The summed E-state index contributed by atoms with van der Waals surface area (Å²) < 4.78 is 0. The van der Waals surface area contributed by atoms with E-state index in [1.807, 2.05) is 36.4 Å². The van der Waals surface area contributed by atoms with Crippen molar-refractivity contribution < 1.29 is 14.7 Å². The van der Waals surface area contributed by atoms with E-state index in [1.54, 1.807) is 29.7 Å². The van der Waals surface area contributed by atoms with Gasteiger partial charge in [0.05, 0.1) is 12.1 Å². The standard InChI is InChI=1S/C20H15ClN2O3S/c21-16-9-5-4-8-15(16)17-12-27-20(22-17)23-19(26)14(11-18(24)25)10-13-6-2-1-3-7-13/h1-10,12H,11H2,(H,24,25)(H,22,23,26)/b14-10+. The van der Waals surface area contributed by atoms with Crippen molar-refractivity contribution in [3.63, 3.8) is 0 Å². The van der Waals surface area contributed by atoms with Crippen LogP contribution in [-0.4, -0.2) is 22.0 Å². The monoisotopic (exact) mass is 398 g/mol. The Morgan fingerprint density at radius 3 is 2.52 bits per heavy atom. The number of amides is 1. The molecule has 2 aromatic carbocycles. The summed E-state index contributed by atoms with van der Waals surface area (Å²) in [7, 11) is 0. The number of rotatable bonds is 6. The van der Waals surface area contributed by atoms with Crippen LogP contribution in [0.4, 0.5) is 5.13 Å². The number of thiazole rings is 1. The van der Waals surface area contributed by atoms with E-state index in [4.69, 9.17) is 16.7 Å². The fourth-order valence-corrected chi connectivity index (χ4v) is 3.35. The summed E-state index contributed by atoms with van der Waals surface area (Å²) >= 11 is 7.42. The molecule has 136 valence electrons. The molecule has 3 aromatic rings. The van der Waals surface area contributed by atoms with Crippen LogP contribution in [0.15, 0.2) is 65.6 Å². The minimum Gasteiger partial charge on any atom is -0.481 e. The Bertz CT molecular complexity index is 999. The first kappa shape index (κ1) is 18.8. The van der Waals surface area contributed by atoms with Crippen LogP contribution in [0.5, 0.6) is 0 Å². The van der Waals surface area contributed by atoms with E-state index in [9.17, 15) is 9.59 Å². The Labute approximate surface area is 165 Å². The maximum atomic E-state index is 12.6. The quantitative estimate of drug-likeness (QED) is 0.575. The number of carbonyl (C=O) groups excluding carboxylic acids is 1. The van der Waals surface area contributed by atoms with Crippen LogP contribution in [0.1, 0.15) is 12.0 Å². The van der Waals surface area contributed by atoms with Gasteiger partial charge in [-0.25, -0.2) is 4.98 Å². The molecular formula is C20H15ClN2O3S. The van der Waals surface area contributed by atoms with Gasteiger partial charge in [0.2, 0.25) is 0 Å². The van der Waals surface area contributed by atoms with E-state index in [0.717, 1.165) is 11.1 Å². The van der Waals surface area contributed by atoms with Crippen LogP contribution in [-0.2, 0) is 9.59 Å². The van der Waals surface area contributed by atoms with Crippen molar-refractivity contribution in [1.82, 2.24) is 4.98 Å². The molecule has 0 atom stereocenters. The first-order chi connectivity index (χ1) is 13.0. The van der Waals surface area contributed by atoms with Gasteiger partial charge in [0.15, 0.2) is 5.13 Å². The number of nitrogens with one attached hydrogen (secondary N) is 1. The van der Waals surface area contributed by atoms with E-state index < -0.39 is 11.9 Å². The van der Waals surface area contributed by atoms with Gasteiger partial charge < -0.3 is 5.11 Å². The van der Waals surface area contributed by atoms with Crippen molar-refractivity contribution >= 4 is 46.0 Å². The lowest BCUT2D eigenvalue weighted by atomic mass is 10.1. The van der Waals surface area contributed by atoms with Crippen LogP contribution in [0, 0.1) is 0 Å². The zero-order valence-electron chi connectivity index (χ0n) is 14.1. The fraction of sp³-hybridized carbons (Fsp3) is 0.0500. The third-order valence-corrected chi connectivity index (χ3v) is 4.74. The maximum absolute atomic E-state index is 12.6. The number of benzene rings is 2. The number of carboxylic acid groups (broad SMARTS) is 1. The van der Waals surface area contributed by atoms with E-state index in [0.29, 0.717) is 15.8 Å². The summed E-state index contributed by atoms with van der Waals surface area (Å²) in [6, 6.07) is 16.4. The van der Waals surface area contributed by atoms with Crippen molar-refractivity contribution in [1.29, 1.82) is 0 Å². The highest BCUT2D eigenvalue weighted by Crippen LogP contribution is 2.30. The number of anilines is 1. The molecule has 2 N–H and O–H groups in total. The lowest BCUT2D eigenvalue weighted by Crippen LogP contribution is -2.16. The Morgan fingerprint density at radius 2 is 1.81 bits per heavy atom. The van der Waals surface area contributed by atoms with Crippen LogP contribution >= 0.6 is 22.9 Å². The average molecular weight is 399 g/mol. The highest BCUT2D eigenvalue weighted by Gasteiger charge is 2.16. The molecule has 1 aromatic heterocycles. The lowest BCUT2D eigenvalue weighted by Gasteiger charge is -2.05. The van der Waals surface area contributed by atoms with Gasteiger partial charge in [-0.05, 0) is 17.7 Å². The number of aliphatic carboxylic acids is 1. The maximum Gasteiger partial charge on any atom is 0.308 e. The molecule has 0 bridgehead atoms. The molecule has 0 aliphatic heterocycles. The van der Waals surface area contributed by atoms with Crippen molar-refractivity contribution in [3.8, 4) is 11.3 Å². The summed E-state index contributed by atoms with van der Waals surface area (Å²) in [5, 5.41) is 14.5. The van der Waals surface area contributed by atoms with Gasteiger partial charge in [-0.2, -0.15) is 0 Å². The smallest absolute Gasteiger partial charge is 0.308 e. The van der Waals surface area contributed by atoms with Crippen LogP contribution in [0.25, 0.3) is 17.3 Å². The van der Waals surface area contributed by atoms with E-state index in [2.05, 4.69) is 10.3 Å². The Kier molecular flexibility index (Phi) is 6.01. The van der Waals surface area contributed by atoms with Gasteiger partial charge in [-0.1, -0.05) is 60.1 Å². The van der Waals surface area contributed by atoms with Gasteiger partial charge in [-0.3, -0.25) is 14.9 Å². The zero-order chi connectivity index (χ0) is 19.2. The summed E-state index contributed by atoms with van der Waals surface area (Å²) in [5.41, 5.74) is 2.30. The van der Waals surface area contributed by atoms with Gasteiger partial charge in [0.25, 0.3) is 5.91 Å². The molecule has 0 spiro atoms. The summed E-state index contributed by atoms with van der Waals surface area (Å²) in [6.07, 6.45) is 1.18. The molecule has 27 heavy (non-hydrogen) atoms. The third kappa shape index (κ3) is 5.03. The molecule has 7 heteroatoms. The molecule has 0 aliphatic carbocycles. The normalized spacial score (nSPS) is 11.2. The molecule has 0 saturated carbocycles. The largest absolute Gasteiger partial charge is 0.481 e. The van der Waals surface area contributed by atoms with Gasteiger partial charge in [0, 0.05) is 21.5 Å². The number of hydrogen-bond donors (Lipinski definition) is 2. The number of carbonyl (C=O) groups is 2. The van der Waals surface area contributed by atoms with Crippen LogP contribution < -0.4 is 5.32 Å². The highest BCUT2D eigenvalue weighted by molar-refractivity contribution is 7.14. The Morgan fingerprint density at radius 1 is 1.11 bits per heavy atom. The molecule has 0 fully saturated rings. The third-order valence-electron chi connectivity index (χ3n) is 3.65. The van der Waals surface area contributed by atoms with Crippen LogP contribution in [0.3, 0.4) is 0 Å². The molecule has 0 unspecified atom stereocenters. The summed E-state index contributed by atoms with van der Waals surface area (Å²) in [6.45, 7) is 0. The minimum absolute atomic E-state index is 0.142. The number of carboxylic acids is 1. The predicted molar refractivity (Wildman–Crippen MR) is 108 cm³/mol. The second kappa shape index (κ2) is 8.62. The fourth-order valence-electron chi connectivity index (χ4n) is 2.41. The van der Waals surface area contributed by atoms with E-state index in [1.165, 1.54) is 11.3 Å². The molecule has 1 heterocycles. The molecular weight excluding hydrogens is 384 g/mol.